The Balaban J connectivity index is 1.24. The third kappa shape index (κ3) is 4.29. The molecule has 1 saturated heterocycles. The van der Waals surface area contributed by atoms with Crippen LogP contribution >= 0.6 is 11.6 Å². The molecule has 0 aliphatic carbocycles. The van der Waals surface area contributed by atoms with Crippen molar-refractivity contribution in [2.24, 2.45) is 0 Å². The third-order valence-corrected chi connectivity index (χ3v) is 6.07. The van der Waals surface area contributed by atoms with Crippen LogP contribution in [-0.4, -0.2) is 51.1 Å². The summed E-state index contributed by atoms with van der Waals surface area (Å²) in [6.07, 6.45) is 1.66. The number of aryl methyl sites for hydroxylation is 2. The van der Waals surface area contributed by atoms with Gasteiger partial charge < -0.3 is 13.7 Å². The van der Waals surface area contributed by atoms with Crippen LogP contribution in [0.3, 0.4) is 0 Å². The Morgan fingerprint density at radius 2 is 1.79 bits per heavy atom. The average Bonchev–Trinajstić information content (AvgIpc) is 3.42. The average molecular weight is 467 g/mol. The Kier molecular flexibility index (Phi) is 5.74. The minimum absolute atomic E-state index is 0.176. The van der Waals surface area contributed by atoms with Gasteiger partial charge in [0.05, 0.1) is 29.7 Å². The van der Waals surface area contributed by atoms with Gasteiger partial charge in [0.1, 0.15) is 16.5 Å². The second-order valence-electron chi connectivity index (χ2n) is 7.99. The van der Waals surface area contributed by atoms with Crippen molar-refractivity contribution in [1.29, 1.82) is 0 Å². The van der Waals surface area contributed by atoms with Crippen LogP contribution < -0.4 is 10.5 Å². The van der Waals surface area contributed by atoms with E-state index in [4.69, 9.17) is 20.4 Å². The number of anilines is 1. The molecule has 4 aromatic rings. The standard InChI is InChI=1S/C23H23ClN6O3/c1-15-12-18(16(2)32-15)22-27-26-20(33-22)14-28-8-10-29(11-9-28)19-13-25-30(23(31)21(19)24)17-6-4-3-5-7-17/h3-7,12-13H,8-11,14H2,1-2H3. The molecule has 170 valence electrons. The summed E-state index contributed by atoms with van der Waals surface area (Å²) in [5.41, 5.74) is 1.83. The van der Waals surface area contributed by atoms with Crippen molar-refractivity contribution in [3.05, 3.63) is 75.4 Å². The molecular weight excluding hydrogens is 444 g/mol. The first-order chi connectivity index (χ1) is 16.0. The van der Waals surface area contributed by atoms with Crippen LogP contribution in [0.4, 0.5) is 5.69 Å². The van der Waals surface area contributed by atoms with Crippen molar-refractivity contribution in [1.82, 2.24) is 24.9 Å². The second kappa shape index (κ2) is 8.84. The predicted octanol–water partition coefficient (Wildman–Crippen LogP) is 3.47. The zero-order chi connectivity index (χ0) is 22.9. The lowest BCUT2D eigenvalue weighted by Crippen LogP contribution is -2.46. The molecule has 0 unspecified atom stereocenters. The molecule has 1 aliphatic heterocycles. The Morgan fingerprint density at radius 1 is 1.03 bits per heavy atom. The lowest BCUT2D eigenvalue weighted by Gasteiger charge is -2.35. The van der Waals surface area contributed by atoms with Crippen molar-refractivity contribution in [3.63, 3.8) is 0 Å². The molecule has 0 amide bonds. The van der Waals surface area contributed by atoms with E-state index >= 15 is 0 Å². The fraction of sp³-hybridized carbons (Fsp3) is 0.304. The van der Waals surface area contributed by atoms with Gasteiger partial charge in [-0.1, -0.05) is 29.8 Å². The molecule has 3 aromatic heterocycles. The van der Waals surface area contributed by atoms with Crippen LogP contribution in [0, 0.1) is 13.8 Å². The first kappa shape index (κ1) is 21.4. The molecule has 9 nitrogen and oxygen atoms in total. The Hall–Kier alpha value is -3.43. The number of piperazine rings is 1. The minimum Gasteiger partial charge on any atom is -0.466 e. The van der Waals surface area contributed by atoms with Crippen molar-refractivity contribution in [3.8, 4) is 17.1 Å². The number of hydrogen-bond donors (Lipinski definition) is 0. The number of aromatic nitrogens is 4. The number of benzene rings is 1. The van der Waals surface area contributed by atoms with Crippen LogP contribution in [0.1, 0.15) is 17.4 Å². The third-order valence-electron chi connectivity index (χ3n) is 5.71. The number of furan rings is 1. The van der Waals surface area contributed by atoms with Gasteiger partial charge in [0.2, 0.25) is 5.89 Å². The topological polar surface area (TPSA) is 93.4 Å². The van der Waals surface area contributed by atoms with Crippen LogP contribution in [-0.2, 0) is 6.54 Å². The number of para-hydroxylation sites is 1. The fourth-order valence-electron chi connectivity index (χ4n) is 4.01. The number of rotatable bonds is 5. The summed E-state index contributed by atoms with van der Waals surface area (Å²) in [4.78, 5) is 17.1. The van der Waals surface area contributed by atoms with Gasteiger partial charge in [-0.05, 0) is 32.0 Å². The van der Waals surface area contributed by atoms with E-state index < -0.39 is 0 Å². The molecule has 1 aliphatic rings. The maximum Gasteiger partial charge on any atom is 0.292 e. The fourth-order valence-corrected chi connectivity index (χ4v) is 4.25. The number of nitrogens with zero attached hydrogens (tertiary/aromatic N) is 6. The molecular formula is C23H23ClN6O3. The van der Waals surface area contributed by atoms with E-state index in [1.165, 1.54) is 4.68 Å². The van der Waals surface area contributed by atoms with Crippen LogP contribution in [0.5, 0.6) is 0 Å². The highest BCUT2D eigenvalue weighted by Gasteiger charge is 2.23. The molecule has 0 spiro atoms. The molecule has 0 bridgehead atoms. The zero-order valence-electron chi connectivity index (χ0n) is 18.4. The zero-order valence-corrected chi connectivity index (χ0v) is 19.1. The second-order valence-corrected chi connectivity index (χ2v) is 8.37. The van der Waals surface area contributed by atoms with Crippen LogP contribution in [0.15, 0.2) is 56.2 Å². The SMILES string of the molecule is Cc1cc(-c2nnc(CN3CCN(c4cnn(-c5ccccc5)c(=O)c4Cl)CC3)o2)c(C)o1. The van der Waals surface area contributed by atoms with Gasteiger partial charge >= 0.3 is 0 Å². The maximum atomic E-state index is 12.8. The first-order valence-corrected chi connectivity index (χ1v) is 11.1. The van der Waals surface area contributed by atoms with Gasteiger partial charge in [-0.15, -0.1) is 10.2 Å². The minimum atomic E-state index is -0.328. The number of hydrogen-bond acceptors (Lipinski definition) is 8. The molecule has 0 radical (unpaired) electrons. The van der Waals surface area contributed by atoms with Crippen LogP contribution in [0.25, 0.3) is 17.1 Å². The van der Waals surface area contributed by atoms with E-state index in [1.807, 2.05) is 50.2 Å². The summed E-state index contributed by atoms with van der Waals surface area (Å²) in [5.74, 6) is 2.59. The molecule has 0 N–H and O–H groups in total. The van der Waals surface area contributed by atoms with Crippen LogP contribution in [0.2, 0.25) is 5.02 Å². The van der Waals surface area contributed by atoms with Crippen molar-refractivity contribution in [2.75, 3.05) is 31.1 Å². The quantitative estimate of drug-likeness (QED) is 0.441. The highest BCUT2D eigenvalue weighted by molar-refractivity contribution is 6.33. The molecule has 33 heavy (non-hydrogen) atoms. The first-order valence-electron chi connectivity index (χ1n) is 10.7. The van der Waals surface area contributed by atoms with E-state index in [0.29, 0.717) is 42.8 Å². The van der Waals surface area contributed by atoms with E-state index in [0.717, 1.165) is 30.2 Å². The Morgan fingerprint density at radius 3 is 2.48 bits per heavy atom. The van der Waals surface area contributed by atoms with Crippen molar-refractivity contribution < 1.29 is 8.83 Å². The maximum absolute atomic E-state index is 12.8. The lowest BCUT2D eigenvalue weighted by molar-refractivity contribution is 0.227. The molecule has 4 heterocycles. The molecule has 10 heteroatoms. The van der Waals surface area contributed by atoms with Gasteiger partial charge in [-0.2, -0.15) is 9.78 Å². The summed E-state index contributed by atoms with van der Waals surface area (Å²) in [6.45, 7) is 7.26. The summed E-state index contributed by atoms with van der Waals surface area (Å²) < 4.78 is 12.7. The Labute approximate surface area is 195 Å². The summed E-state index contributed by atoms with van der Waals surface area (Å²) in [5, 5.41) is 12.9. The van der Waals surface area contributed by atoms with Crippen molar-refractivity contribution in [2.45, 2.75) is 20.4 Å². The molecule has 0 saturated carbocycles. The highest BCUT2D eigenvalue weighted by Crippen LogP contribution is 2.26. The molecule has 1 aromatic carbocycles. The smallest absolute Gasteiger partial charge is 0.292 e. The predicted molar refractivity (Wildman–Crippen MR) is 124 cm³/mol. The number of halogens is 1. The van der Waals surface area contributed by atoms with Gasteiger partial charge in [0.15, 0.2) is 0 Å². The summed E-state index contributed by atoms with van der Waals surface area (Å²) in [6, 6.07) is 11.1. The molecule has 5 rings (SSSR count). The van der Waals surface area contributed by atoms with Gasteiger partial charge in [-0.3, -0.25) is 9.69 Å². The monoisotopic (exact) mass is 466 g/mol. The summed E-state index contributed by atoms with van der Waals surface area (Å²) in [7, 11) is 0. The van der Waals surface area contributed by atoms with E-state index in [9.17, 15) is 4.79 Å². The Bertz CT molecular complexity index is 1320. The highest BCUT2D eigenvalue weighted by atomic mass is 35.5. The van der Waals surface area contributed by atoms with Gasteiger partial charge in [0, 0.05) is 26.2 Å². The largest absolute Gasteiger partial charge is 0.466 e. The van der Waals surface area contributed by atoms with Gasteiger partial charge in [-0.25, -0.2) is 0 Å². The van der Waals surface area contributed by atoms with E-state index in [1.54, 1.807) is 6.20 Å². The van der Waals surface area contributed by atoms with E-state index in [-0.39, 0.29) is 10.6 Å². The van der Waals surface area contributed by atoms with E-state index in [2.05, 4.69) is 25.1 Å². The summed E-state index contributed by atoms with van der Waals surface area (Å²) >= 11 is 6.45. The molecule has 1 fully saturated rings. The normalized spacial score (nSPS) is 14.7. The molecule has 0 atom stereocenters. The van der Waals surface area contributed by atoms with Gasteiger partial charge in [0.25, 0.3) is 11.4 Å². The van der Waals surface area contributed by atoms with Crippen molar-refractivity contribution >= 4 is 17.3 Å². The lowest BCUT2D eigenvalue weighted by atomic mass is 10.2.